The van der Waals surface area contributed by atoms with Crippen LogP contribution in [0.4, 0.5) is 18.9 Å². The van der Waals surface area contributed by atoms with Gasteiger partial charge in [-0.1, -0.05) is 0 Å². The molecular formula is C15H17F3N2O4S. The molecule has 1 aliphatic rings. The lowest BCUT2D eigenvalue weighted by atomic mass is 10.2. The Bertz CT molecular complexity index is 760. The van der Waals surface area contributed by atoms with Crippen molar-refractivity contribution in [3.8, 4) is 0 Å². The number of anilines is 1. The lowest BCUT2D eigenvalue weighted by Gasteiger charge is -2.23. The second-order valence-electron chi connectivity index (χ2n) is 5.86. The van der Waals surface area contributed by atoms with Gasteiger partial charge in [-0.2, -0.15) is 13.2 Å². The van der Waals surface area contributed by atoms with Crippen molar-refractivity contribution < 1.29 is 31.2 Å². The van der Waals surface area contributed by atoms with Crippen LogP contribution in [0, 0.1) is 0 Å². The van der Waals surface area contributed by atoms with Gasteiger partial charge >= 0.3 is 6.18 Å². The molecule has 0 spiro atoms. The highest BCUT2D eigenvalue weighted by Crippen LogP contribution is 2.29. The third-order valence-corrected chi connectivity index (χ3v) is 5.71. The molecule has 1 aromatic rings. The van der Waals surface area contributed by atoms with E-state index in [1.807, 2.05) is 0 Å². The minimum atomic E-state index is -4.47. The van der Waals surface area contributed by atoms with Crippen molar-refractivity contribution in [2.24, 2.45) is 0 Å². The van der Waals surface area contributed by atoms with Crippen LogP contribution in [0.5, 0.6) is 0 Å². The first-order valence-electron chi connectivity index (χ1n) is 7.41. The predicted octanol–water partition coefficient (Wildman–Crippen LogP) is 1.68. The van der Waals surface area contributed by atoms with Gasteiger partial charge in [-0.3, -0.25) is 9.59 Å². The number of nitrogens with one attached hydrogen (secondary N) is 1. The molecule has 0 radical (unpaired) electrons. The Balaban J connectivity index is 1.90. The molecule has 1 saturated heterocycles. The van der Waals surface area contributed by atoms with E-state index in [4.69, 9.17) is 0 Å². The van der Waals surface area contributed by atoms with E-state index >= 15 is 0 Å². The van der Waals surface area contributed by atoms with E-state index < -0.39 is 45.9 Å². The normalized spacial score (nSPS) is 19.4. The average Bonchev–Trinajstić information content (AvgIpc) is 2.86. The lowest BCUT2D eigenvalue weighted by molar-refractivity contribution is -0.137. The van der Waals surface area contributed by atoms with E-state index in [0.717, 1.165) is 24.3 Å². The number of benzene rings is 1. The molecule has 0 aromatic heterocycles. The van der Waals surface area contributed by atoms with Gasteiger partial charge in [0.25, 0.3) is 0 Å². The maximum atomic E-state index is 12.5. The summed E-state index contributed by atoms with van der Waals surface area (Å²) in [6, 6.07) is 3.38. The number of alkyl halides is 3. The van der Waals surface area contributed by atoms with Gasteiger partial charge < -0.3 is 10.2 Å². The highest BCUT2D eigenvalue weighted by molar-refractivity contribution is 7.91. The van der Waals surface area contributed by atoms with Gasteiger partial charge in [0, 0.05) is 18.8 Å². The van der Waals surface area contributed by atoms with Crippen LogP contribution >= 0.6 is 0 Å². The molecule has 25 heavy (non-hydrogen) atoms. The fraction of sp³-hybridized carbons (Fsp3) is 0.467. The van der Waals surface area contributed by atoms with Crippen LogP contribution in [0.3, 0.4) is 0 Å². The van der Waals surface area contributed by atoms with Gasteiger partial charge in [-0.25, -0.2) is 8.42 Å². The van der Waals surface area contributed by atoms with Crippen molar-refractivity contribution in [3.63, 3.8) is 0 Å². The number of sulfone groups is 1. The van der Waals surface area contributed by atoms with Crippen molar-refractivity contribution >= 4 is 27.3 Å². The van der Waals surface area contributed by atoms with Crippen molar-refractivity contribution in [2.45, 2.75) is 25.1 Å². The third kappa shape index (κ3) is 5.18. The largest absolute Gasteiger partial charge is 0.416 e. The Morgan fingerprint density at radius 1 is 1.24 bits per heavy atom. The summed E-state index contributed by atoms with van der Waals surface area (Å²) in [5.41, 5.74) is -0.708. The van der Waals surface area contributed by atoms with Crippen LogP contribution < -0.4 is 5.32 Å². The molecule has 6 nitrogen and oxygen atoms in total. The number of carbonyl (C=O) groups is 2. The first-order valence-corrected chi connectivity index (χ1v) is 9.23. The summed E-state index contributed by atoms with van der Waals surface area (Å²) < 4.78 is 60.3. The Kier molecular flexibility index (Phi) is 5.40. The van der Waals surface area contributed by atoms with Crippen LogP contribution in [-0.4, -0.2) is 49.7 Å². The first-order chi connectivity index (χ1) is 11.5. The van der Waals surface area contributed by atoms with Crippen LogP contribution in [0.2, 0.25) is 0 Å². The summed E-state index contributed by atoms with van der Waals surface area (Å²) >= 11 is 0. The zero-order chi connectivity index (χ0) is 18.8. The van der Waals surface area contributed by atoms with Gasteiger partial charge in [0.2, 0.25) is 11.8 Å². The molecule has 0 aliphatic carbocycles. The molecule has 1 atom stereocenters. The van der Waals surface area contributed by atoms with Crippen molar-refractivity contribution in [1.82, 2.24) is 4.90 Å². The van der Waals surface area contributed by atoms with Crippen molar-refractivity contribution in [2.75, 3.05) is 23.9 Å². The van der Waals surface area contributed by atoms with Gasteiger partial charge in [0.15, 0.2) is 9.84 Å². The third-order valence-electron chi connectivity index (χ3n) is 3.96. The summed E-state index contributed by atoms with van der Waals surface area (Å²) in [4.78, 5) is 25.1. The van der Waals surface area contributed by atoms with E-state index in [1.54, 1.807) is 0 Å². The first kappa shape index (κ1) is 19.2. The average molecular weight is 378 g/mol. The van der Waals surface area contributed by atoms with Gasteiger partial charge in [0.1, 0.15) is 6.42 Å². The van der Waals surface area contributed by atoms with Gasteiger partial charge in [-0.05, 0) is 30.7 Å². The molecule has 0 bridgehead atoms. The number of nitrogens with zero attached hydrogens (tertiary/aromatic N) is 1. The zero-order valence-electron chi connectivity index (χ0n) is 13.3. The molecule has 138 valence electrons. The highest BCUT2D eigenvalue weighted by atomic mass is 32.2. The Labute approximate surface area is 142 Å². The molecule has 1 N–H and O–H groups in total. The zero-order valence-corrected chi connectivity index (χ0v) is 14.2. The Hall–Kier alpha value is -2.10. The van der Waals surface area contributed by atoms with E-state index in [-0.39, 0.29) is 17.2 Å². The predicted molar refractivity (Wildman–Crippen MR) is 84.5 cm³/mol. The molecular weight excluding hydrogens is 361 g/mol. The molecule has 1 aliphatic heterocycles. The van der Waals surface area contributed by atoms with Gasteiger partial charge in [-0.15, -0.1) is 0 Å². The fourth-order valence-electron chi connectivity index (χ4n) is 2.49. The number of carbonyl (C=O) groups excluding carboxylic acids is 2. The molecule has 10 heteroatoms. The molecule has 0 saturated carbocycles. The number of hydrogen-bond acceptors (Lipinski definition) is 4. The van der Waals surface area contributed by atoms with Crippen LogP contribution in [0.25, 0.3) is 0 Å². The van der Waals surface area contributed by atoms with E-state index in [1.165, 1.54) is 11.9 Å². The molecule has 1 heterocycles. The number of amides is 2. The van der Waals surface area contributed by atoms with Crippen molar-refractivity contribution in [1.29, 1.82) is 0 Å². The van der Waals surface area contributed by atoms with E-state index in [9.17, 15) is 31.2 Å². The number of rotatable bonds is 4. The Morgan fingerprint density at radius 3 is 2.32 bits per heavy atom. The molecule has 2 rings (SSSR count). The fourth-order valence-corrected chi connectivity index (χ4v) is 4.27. The summed E-state index contributed by atoms with van der Waals surface area (Å²) in [6.45, 7) is 0. The van der Waals surface area contributed by atoms with Crippen LogP contribution in [-0.2, 0) is 25.6 Å². The SMILES string of the molecule is CN(C(=O)CC(=O)Nc1ccc(C(F)(F)F)cc1)C1CCS(=O)(=O)C1. The minimum Gasteiger partial charge on any atom is -0.341 e. The minimum absolute atomic E-state index is 0.00698. The number of halogens is 3. The molecule has 1 unspecified atom stereocenters. The maximum Gasteiger partial charge on any atom is 0.416 e. The van der Waals surface area contributed by atoms with Crippen LogP contribution in [0.1, 0.15) is 18.4 Å². The van der Waals surface area contributed by atoms with Gasteiger partial charge in [0.05, 0.1) is 17.1 Å². The lowest BCUT2D eigenvalue weighted by Crippen LogP contribution is -2.39. The summed E-state index contributed by atoms with van der Waals surface area (Å²) in [6.07, 6.45) is -4.66. The summed E-state index contributed by atoms with van der Waals surface area (Å²) in [7, 11) is -1.72. The topological polar surface area (TPSA) is 83.6 Å². The van der Waals surface area contributed by atoms with Crippen molar-refractivity contribution in [3.05, 3.63) is 29.8 Å². The summed E-state index contributed by atoms with van der Waals surface area (Å²) in [5.74, 6) is -1.35. The standard InChI is InChI=1S/C15H17F3N2O4S/c1-20(12-6-7-25(23,24)9-12)14(22)8-13(21)19-11-4-2-10(3-5-11)15(16,17)18/h2-5,12H,6-9H2,1H3,(H,19,21). The second-order valence-corrected chi connectivity index (χ2v) is 8.09. The number of hydrogen-bond donors (Lipinski definition) is 1. The molecule has 1 aromatic carbocycles. The molecule has 2 amide bonds. The monoisotopic (exact) mass is 378 g/mol. The Morgan fingerprint density at radius 2 is 1.84 bits per heavy atom. The second kappa shape index (κ2) is 7.03. The molecule has 1 fully saturated rings. The van der Waals surface area contributed by atoms with Crippen LogP contribution in [0.15, 0.2) is 24.3 Å². The smallest absolute Gasteiger partial charge is 0.341 e. The quantitative estimate of drug-likeness (QED) is 0.808. The van der Waals surface area contributed by atoms with E-state index in [0.29, 0.717) is 6.42 Å². The summed E-state index contributed by atoms with van der Waals surface area (Å²) in [5, 5.41) is 2.34. The highest BCUT2D eigenvalue weighted by Gasteiger charge is 2.33. The van der Waals surface area contributed by atoms with E-state index in [2.05, 4.69) is 5.32 Å². The maximum absolute atomic E-state index is 12.5.